The number of hydrogen-bond acceptors (Lipinski definition) is 1. The lowest BCUT2D eigenvalue weighted by Gasteiger charge is -2.22. The zero-order valence-electron chi connectivity index (χ0n) is 9.14. The Hall–Kier alpha value is -1.20. The quantitative estimate of drug-likeness (QED) is 0.588. The zero-order valence-corrected chi connectivity index (χ0v) is 9.14. The van der Waals surface area contributed by atoms with Crippen molar-refractivity contribution in [3.05, 3.63) is 24.0 Å². The molecule has 1 fully saturated rings. The molecule has 1 aromatic carbocycles. The van der Waals surface area contributed by atoms with Gasteiger partial charge in [0.2, 0.25) is 0 Å². The van der Waals surface area contributed by atoms with Gasteiger partial charge in [0.05, 0.1) is 11.9 Å². The van der Waals surface area contributed by atoms with Gasteiger partial charge >= 0.3 is 6.98 Å². The summed E-state index contributed by atoms with van der Waals surface area (Å²) in [5, 5.41) is 0. The van der Waals surface area contributed by atoms with E-state index in [1.165, 1.54) is 0 Å². The molecule has 0 atom stereocenters. The molecule has 0 radical (unpaired) electrons. The number of ether oxygens (including phenoxy) is 1. The third-order valence-corrected chi connectivity index (χ3v) is 2.92. The van der Waals surface area contributed by atoms with Crippen molar-refractivity contribution in [2.75, 3.05) is 0 Å². The number of hydrogen-bond donors (Lipinski definition) is 0. The first-order valence-electron chi connectivity index (χ1n) is 5.63. The summed E-state index contributed by atoms with van der Waals surface area (Å²) in [5.41, 5.74) is -0.975. The van der Waals surface area contributed by atoms with E-state index in [4.69, 9.17) is 4.74 Å². The van der Waals surface area contributed by atoms with E-state index in [0.717, 1.165) is 37.8 Å². The van der Waals surface area contributed by atoms with Gasteiger partial charge in [0.1, 0.15) is 5.82 Å². The minimum atomic E-state index is -5.24. The van der Waals surface area contributed by atoms with Gasteiger partial charge in [-0.05, 0) is 43.9 Å². The molecule has 0 bridgehead atoms. The van der Waals surface area contributed by atoms with Crippen LogP contribution in [0.3, 0.4) is 0 Å². The van der Waals surface area contributed by atoms with Crippen molar-refractivity contribution in [1.29, 1.82) is 0 Å². The summed E-state index contributed by atoms with van der Waals surface area (Å²) in [6, 6.07) is 2.57. The normalized spacial score (nSPS) is 17.4. The summed E-state index contributed by atoms with van der Waals surface area (Å²) in [6.45, 7) is -5.24. The molecule has 2 rings (SSSR count). The lowest BCUT2D eigenvalue weighted by molar-refractivity contribution is 0.211. The fraction of sp³-hybridized carbons (Fsp3) is 0.455. The van der Waals surface area contributed by atoms with Gasteiger partial charge in [0.25, 0.3) is 0 Å². The Balaban J connectivity index is 2.25. The third kappa shape index (κ3) is 2.93. The predicted octanol–water partition coefficient (Wildman–Crippen LogP) is 3.20. The van der Waals surface area contributed by atoms with Gasteiger partial charge in [-0.25, -0.2) is 4.39 Å². The van der Waals surface area contributed by atoms with Gasteiger partial charge in [-0.3, -0.25) is 0 Å². The highest BCUT2D eigenvalue weighted by atomic mass is 19.4. The molecule has 17 heavy (non-hydrogen) atoms. The van der Waals surface area contributed by atoms with Crippen molar-refractivity contribution in [3.8, 4) is 5.75 Å². The minimum Gasteiger partial charge on any atom is -0.493 e. The molecule has 0 spiro atoms. The van der Waals surface area contributed by atoms with E-state index >= 15 is 0 Å². The highest BCUT2D eigenvalue weighted by Gasteiger charge is 2.31. The van der Waals surface area contributed by atoms with Crippen LogP contribution in [-0.2, 0) is 0 Å². The van der Waals surface area contributed by atoms with E-state index in [-0.39, 0.29) is 11.9 Å². The molecule has 0 aliphatic heterocycles. The number of benzene rings is 1. The standard InChI is InChI=1S/C11H12BF4O/c13-8-5-6-11(10(7-8)12(14,15)16)17-9-3-1-2-4-9/h5-7,9H,1-4H2/q-1. The zero-order chi connectivity index (χ0) is 12.5. The second-order valence-corrected chi connectivity index (χ2v) is 4.28. The Kier molecular flexibility index (Phi) is 3.31. The van der Waals surface area contributed by atoms with Crippen LogP contribution in [0.2, 0.25) is 0 Å². The first-order valence-corrected chi connectivity index (χ1v) is 5.63. The van der Waals surface area contributed by atoms with Crippen LogP contribution in [0.1, 0.15) is 25.7 Å². The summed E-state index contributed by atoms with van der Waals surface area (Å²) in [5.74, 6) is -1.14. The van der Waals surface area contributed by atoms with Crippen LogP contribution in [0, 0.1) is 5.82 Å². The Morgan fingerprint density at radius 1 is 1.12 bits per heavy atom. The van der Waals surface area contributed by atoms with E-state index in [1.54, 1.807) is 0 Å². The average Bonchev–Trinajstić information content (AvgIpc) is 2.72. The number of halogens is 4. The summed E-state index contributed by atoms with van der Waals surface area (Å²) in [7, 11) is 0. The molecule has 0 aromatic heterocycles. The van der Waals surface area contributed by atoms with E-state index in [9.17, 15) is 17.3 Å². The smallest absolute Gasteiger partial charge is 0.493 e. The van der Waals surface area contributed by atoms with E-state index < -0.39 is 18.3 Å². The van der Waals surface area contributed by atoms with Gasteiger partial charge in [-0.2, -0.15) is 0 Å². The Labute approximate surface area is 96.8 Å². The predicted molar refractivity (Wildman–Crippen MR) is 58.0 cm³/mol. The molecule has 1 saturated carbocycles. The van der Waals surface area contributed by atoms with E-state index in [1.807, 2.05) is 0 Å². The summed E-state index contributed by atoms with van der Waals surface area (Å²) in [4.78, 5) is 0. The third-order valence-electron chi connectivity index (χ3n) is 2.92. The topological polar surface area (TPSA) is 9.23 Å². The average molecular weight is 247 g/mol. The van der Waals surface area contributed by atoms with Crippen molar-refractivity contribution in [1.82, 2.24) is 0 Å². The molecule has 0 unspecified atom stereocenters. The monoisotopic (exact) mass is 247 g/mol. The van der Waals surface area contributed by atoms with Gasteiger partial charge in [-0.15, -0.1) is 0 Å². The van der Waals surface area contributed by atoms with Crippen molar-refractivity contribution < 1.29 is 22.1 Å². The largest absolute Gasteiger partial charge is 0.513 e. The maximum atomic E-state index is 12.8. The fourth-order valence-electron chi connectivity index (χ4n) is 2.07. The summed E-state index contributed by atoms with van der Waals surface area (Å²) < 4.78 is 56.3. The molecule has 1 nitrogen and oxygen atoms in total. The summed E-state index contributed by atoms with van der Waals surface area (Å²) in [6.07, 6.45) is 3.30. The van der Waals surface area contributed by atoms with Gasteiger partial charge in [-0.1, -0.05) is 5.46 Å². The van der Waals surface area contributed by atoms with Crippen molar-refractivity contribution in [2.24, 2.45) is 0 Å². The SMILES string of the molecule is Fc1ccc(OC2CCCC2)c([B-](F)(F)F)c1. The second kappa shape index (κ2) is 4.59. The molecule has 1 aromatic rings. The van der Waals surface area contributed by atoms with E-state index in [0.29, 0.717) is 6.07 Å². The van der Waals surface area contributed by atoms with Crippen LogP contribution in [0.25, 0.3) is 0 Å². The maximum Gasteiger partial charge on any atom is 0.513 e. The highest BCUT2D eigenvalue weighted by Crippen LogP contribution is 2.25. The van der Waals surface area contributed by atoms with Gasteiger partial charge < -0.3 is 17.7 Å². The molecule has 0 amide bonds. The Bertz CT molecular complexity index is 399. The van der Waals surface area contributed by atoms with Crippen LogP contribution in [-0.4, -0.2) is 13.1 Å². The molecule has 0 heterocycles. The first kappa shape index (κ1) is 12.3. The Morgan fingerprint density at radius 3 is 2.35 bits per heavy atom. The highest BCUT2D eigenvalue weighted by molar-refractivity contribution is 6.74. The van der Waals surface area contributed by atoms with Gasteiger partial charge in [0, 0.05) is 0 Å². The Morgan fingerprint density at radius 2 is 1.76 bits per heavy atom. The van der Waals surface area contributed by atoms with Crippen molar-refractivity contribution in [3.63, 3.8) is 0 Å². The minimum absolute atomic E-state index is 0.169. The molecule has 6 heteroatoms. The fourth-order valence-corrected chi connectivity index (χ4v) is 2.07. The summed E-state index contributed by atoms with van der Waals surface area (Å²) >= 11 is 0. The molecule has 94 valence electrons. The first-order chi connectivity index (χ1) is 7.97. The van der Waals surface area contributed by atoms with Gasteiger partial charge in [0.15, 0.2) is 0 Å². The number of rotatable bonds is 3. The lowest BCUT2D eigenvalue weighted by Crippen LogP contribution is -2.36. The molecule has 0 N–H and O–H groups in total. The van der Waals surface area contributed by atoms with Crippen LogP contribution < -0.4 is 10.2 Å². The molecule has 1 aliphatic carbocycles. The van der Waals surface area contributed by atoms with Crippen molar-refractivity contribution in [2.45, 2.75) is 31.8 Å². The van der Waals surface area contributed by atoms with Crippen LogP contribution in [0.5, 0.6) is 5.75 Å². The molecular weight excluding hydrogens is 235 g/mol. The van der Waals surface area contributed by atoms with Crippen LogP contribution in [0.15, 0.2) is 18.2 Å². The van der Waals surface area contributed by atoms with E-state index in [2.05, 4.69) is 0 Å². The van der Waals surface area contributed by atoms with Crippen LogP contribution in [0.4, 0.5) is 17.3 Å². The maximum absolute atomic E-state index is 12.8. The van der Waals surface area contributed by atoms with Crippen LogP contribution >= 0.6 is 0 Å². The molecule has 1 aliphatic rings. The lowest BCUT2D eigenvalue weighted by atomic mass is 9.79. The molecule has 0 saturated heterocycles. The van der Waals surface area contributed by atoms with Crippen molar-refractivity contribution >= 4 is 12.4 Å². The molecular formula is C11H12BF4O-. The second-order valence-electron chi connectivity index (χ2n) is 4.28.